The van der Waals surface area contributed by atoms with E-state index in [1.54, 1.807) is 30.3 Å². The molecule has 39 heavy (non-hydrogen) atoms. The highest BCUT2D eigenvalue weighted by Crippen LogP contribution is 2.70. The van der Waals surface area contributed by atoms with E-state index in [1.807, 2.05) is 20.8 Å². The van der Waals surface area contributed by atoms with Gasteiger partial charge in [-0.25, -0.2) is 4.39 Å². The van der Waals surface area contributed by atoms with Gasteiger partial charge in [-0.1, -0.05) is 33.3 Å². The standard InChI is InChI=1S/C31H38FNO6/c1-4-5-27-38-26-14-21-20-13-23(32)22-12-18(34)10-11-29(22,2)28(20)24(35)15-30(21,3)31(26,39-27)25(36)16-37-19-8-6-17(33)7-9-19/h6-12,20-21,23-24,26-28,35H,4-5,13-16,33H2,1-3H3/t20-,21?,23-,24-,26+,27?,28?,29-,30-,31+/m0/s1. The third-order valence-electron chi connectivity index (χ3n) is 10.5. The number of ketones is 2. The molecule has 3 saturated carbocycles. The van der Waals surface area contributed by atoms with Gasteiger partial charge in [0, 0.05) is 22.4 Å². The van der Waals surface area contributed by atoms with Gasteiger partial charge in [0.1, 0.15) is 18.5 Å². The number of carbonyl (C=O) groups excluding carboxylic acids is 2. The molecule has 5 aliphatic rings. The minimum absolute atomic E-state index is 0.110. The number of hydrogen-bond donors (Lipinski definition) is 2. The van der Waals surface area contributed by atoms with E-state index in [4.69, 9.17) is 19.9 Å². The average Bonchev–Trinajstić information content (AvgIpc) is 3.37. The quantitative estimate of drug-likeness (QED) is 0.518. The van der Waals surface area contributed by atoms with E-state index in [0.29, 0.717) is 36.3 Å². The number of hydrogen-bond acceptors (Lipinski definition) is 7. The maximum atomic E-state index is 15.8. The maximum Gasteiger partial charge on any atom is 0.205 e. The highest BCUT2D eigenvalue weighted by Gasteiger charge is 2.76. The number of allylic oxidation sites excluding steroid dienone is 4. The number of fused-ring (bicyclic) bond motifs is 7. The summed E-state index contributed by atoms with van der Waals surface area (Å²) in [6, 6.07) is 6.86. The van der Waals surface area contributed by atoms with Gasteiger partial charge < -0.3 is 25.1 Å². The Hall–Kier alpha value is -2.55. The summed E-state index contributed by atoms with van der Waals surface area (Å²) in [5.41, 5.74) is 3.98. The lowest BCUT2D eigenvalue weighted by Gasteiger charge is -2.60. The Balaban J connectivity index is 1.36. The molecule has 1 aromatic carbocycles. The fraction of sp³-hybridized carbons (Fsp3) is 0.613. The Morgan fingerprint density at radius 2 is 1.97 bits per heavy atom. The summed E-state index contributed by atoms with van der Waals surface area (Å²) < 4.78 is 34.7. The molecule has 4 fully saturated rings. The molecule has 0 bridgehead atoms. The summed E-state index contributed by atoms with van der Waals surface area (Å²) in [6.07, 6.45) is 4.07. The smallest absolute Gasteiger partial charge is 0.205 e. The number of nitrogen functional groups attached to an aromatic ring is 1. The minimum atomic E-state index is -1.31. The molecule has 1 heterocycles. The van der Waals surface area contributed by atoms with Crippen molar-refractivity contribution >= 4 is 17.3 Å². The first-order chi connectivity index (χ1) is 18.5. The molecule has 3 N–H and O–H groups in total. The molecule has 0 amide bonds. The molecule has 0 spiro atoms. The second-order valence-electron chi connectivity index (χ2n) is 12.5. The van der Waals surface area contributed by atoms with E-state index in [1.165, 1.54) is 12.2 Å². The van der Waals surface area contributed by atoms with Gasteiger partial charge in [-0.05, 0) is 79.5 Å². The van der Waals surface area contributed by atoms with E-state index in [9.17, 15) is 14.7 Å². The van der Waals surface area contributed by atoms with Crippen molar-refractivity contribution < 1.29 is 33.3 Å². The first-order valence-corrected chi connectivity index (χ1v) is 14.2. The largest absolute Gasteiger partial charge is 0.486 e. The summed E-state index contributed by atoms with van der Waals surface area (Å²) in [6.45, 7) is 5.77. The lowest BCUT2D eigenvalue weighted by molar-refractivity contribution is -0.202. The van der Waals surface area contributed by atoms with Gasteiger partial charge in [0.05, 0.1) is 12.2 Å². The van der Waals surface area contributed by atoms with E-state index < -0.39 is 41.1 Å². The topological polar surface area (TPSA) is 108 Å². The Bertz CT molecular complexity index is 1230. The fourth-order valence-electron chi connectivity index (χ4n) is 8.83. The van der Waals surface area contributed by atoms with E-state index in [2.05, 4.69) is 0 Å². The number of aliphatic hydroxyl groups excluding tert-OH is 1. The van der Waals surface area contributed by atoms with Crippen molar-refractivity contribution in [2.45, 2.75) is 83.1 Å². The predicted molar refractivity (Wildman–Crippen MR) is 142 cm³/mol. The van der Waals surface area contributed by atoms with Crippen LogP contribution in [0.1, 0.15) is 52.9 Å². The molecule has 6 rings (SSSR count). The van der Waals surface area contributed by atoms with Gasteiger partial charge in [-0.3, -0.25) is 9.59 Å². The minimum Gasteiger partial charge on any atom is -0.486 e. The SMILES string of the molecule is CCCC1O[C@@H]2CC3[C@@H]4C[C@H](F)C5=CC(=O)C=C[C@]5(C)C4[C@@H](O)C[C@]3(C)[C@]2(C(=O)COc2ccc(N)cc2)O1. The summed E-state index contributed by atoms with van der Waals surface area (Å²) in [7, 11) is 0. The highest BCUT2D eigenvalue weighted by atomic mass is 19.1. The zero-order valence-electron chi connectivity index (χ0n) is 22.8. The molecule has 10 atom stereocenters. The number of rotatable bonds is 6. The summed E-state index contributed by atoms with van der Waals surface area (Å²) >= 11 is 0. The number of anilines is 1. The van der Waals surface area contributed by atoms with Crippen molar-refractivity contribution in [1.29, 1.82) is 0 Å². The maximum absolute atomic E-state index is 15.8. The van der Waals surface area contributed by atoms with Gasteiger partial charge >= 0.3 is 0 Å². The molecule has 1 saturated heterocycles. The average molecular weight is 540 g/mol. The van der Waals surface area contributed by atoms with Gasteiger partial charge in [-0.15, -0.1) is 0 Å². The van der Waals surface area contributed by atoms with Crippen LogP contribution >= 0.6 is 0 Å². The zero-order valence-corrected chi connectivity index (χ0v) is 22.8. The molecule has 3 unspecified atom stereocenters. The molecule has 1 aromatic rings. The third kappa shape index (κ3) is 3.78. The van der Waals surface area contributed by atoms with Crippen LogP contribution < -0.4 is 10.5 Å². The number of alkyl halides is 1. The predicted octanol–water partition coefficient (Wildman–Crippen LogP) is 4.33. The van der Waals surface area contributed by atoms with E-state index in [-0.39, 0.29) is 42.3 Å². The number of carbonyl (C=O) groups is 2. The van der Waals surface area contributed by atoms with Crippen LogP contribution in [-0.2, 0) is 19.1 Å². The lowest BCUT2D eigenvalue weighted by Crippen LogP contribution is -2.64. The Kier molecular flexibility index (Phi) is 6.32. The summed E-state index contributed by atoms with van der Waals surface area (Å²) in [5, 5.41) is 11.8. The van der Waals surface area contributed by atoms with Gasteiger partial charge in [-0.2, -0.15) is 0 Å². The first kappa shape index (κ1) is 26.7. The van der Waals surface area contributed by atoms with Crippen LogP contribution in [0.4, 0.5) is 10.1 Å². The van der Waals surface area contributed by atoms with Crippen molar-refractivity contribution in [3.8, 4) is 5.75 Å². The summed E-state index contributed by atoms with van der Waals surface area (Å²) in [4.78, 5) is 26.3. The van der Waals surface area contributed by atoms with Gasteiger partial charge in [0.25, 0.3) is 0 Å². The van der Waals surface area contributed by atoms with Crippen molar-refractivity contribution in [3.05, 3.63) is 48.1 Å². The van der Waals surface area contributed by atoms with Crippen LogP contribution in [0.2, 0.25) is 0 Å². The lowest BCUT2D eigenvalue weighted by atomic mass is 9.46. The Morgan fingerprint density at radius 1 is 1.23 bits per heavy atom. The second-order valence-corrected chi connectivity index (χ2v) is 12.5. The molecule has 7 nitrogen and oxygen atoms in total. The van der Waals surface area contributed by atoms with Crippen molar-refractivity contribution in [1.82, 2.24) is 0 Å². The normalized spacial score (nSPS) is 44.2. The number of ether oxygens (including phenoxy) is 3. The zero-order chi connectivity index (χ0) is 27.7. The van der Waals surface area contributed by atoms with Crippen LogP contribution in [0.15, 0.2) is 48.1 Å². The molecular formula is C31H38FNO6. The summed E-state index contributed by atoms with van der Waals surface area (Å²) in [5.74, 6) is -0.511. The Morgan fingerprint density at radius 3 is 2.69 bits per heavy atom. The number of benzene rings is 1. The third-order valence-corrected chi connectivity index (χ3v) is 10.5. The van der Waals surface area contributed by atoms with Crippen LogP contribution in [0, 0.1) is 28.6 Å². The van der Waals surface area contributed by atoms with Gasteiger partial charge in [0.15, 0.2) is 17.7 Å². The van der Waals surface area contributed by atoms with E-state index in [0.717, 1.165) is 6.42 Å². The molecule has 1 aliphatic heterocycles. The second kappa shape index (κ2) is 9.25. The molecular weight excluding hydrogens is 501 g/mol. The number of nitrogens with two attached hydrogens (primary N) is 1. The van der Waals surface area contributed by atoms with Crippen LogP contribution in [0.3, 0.4) is 0 Å². The van der Waals surface area contributed by atoms with Crippen LogP contribution in [0.25, 0.3) is 0 Å². The van der Waals surface area contributed by atoms with E-state index >= 15 is 4.39 Å². The van der Waals surface area contributed by atoms with Crippen molar-refractivity contribution in [3.63, 3.8) is 0 Å². The first-order valence-electron chi connectivity index (χ1n) is 14.2. The molecule has 210 valence electrons. The molecule has 0 radical (unpaired) electrons. The monoisotopic (exact) mass is 539 g/mol. The van der Waals surface area contributed by atoms with Gasteiger partial charge in [0.2, 0.25) is 5.78 Å². The molecule has 0 aromatic heterocycles. The number of halogens is 1. The van der Waals surface area contributed by atoms with Crippen molar-refractivity contribution in [2.75, 3.05) is 12.3 Å². The van der Waals surface area contributed by atoms with Crippen LogP contribution in [-0.4, -0.2) is 53.6 Å². The Labute approximate surface area is 228 Å². The number of aliphatic hydroxyl groups is 1. The molecule has 8 heteroatoms. The molecule has 4 aliphatic carbocycles. The van der Waals surface area contributed by atoms with Crippen LogP contribution in [0.5, 0.6) is 5.75 Å². The number of Topliss-reactive ketones (excluding diaryl/α,β-unsaturated/α-hetero) is 1. The van der Waals surface area contributed by atoms with Crippen molar-refractivity contribution in [2.24, 2.45) is 28.6 Å². The highest BCUT2D eigenvalue weighted by molar-refractivity contribution is 6.01. The fourth-order valence-corrected chi connectivity index (χ4v) is 8.83.